The Morgan fingerprint density at radius 1 is 1.38 bits per heavy atom. The third kappa shape index (κ3) is 3.71. The van der Waals surface area contributed by atoms with Crippen LogP contribution in [-0.2, 0) is 6.54 Å². The van der Waals surface area contributed by atoms with E-state index in [0.29, 0.717) is 15.7 Å². The molecule has 0 aliphatic rings. The molecule has 0 aromatic heterocycles. The minimum absolute atomic E-state index is 0.439. The van der Waals surface area contributed by atoms with Crippen molar-refractivity contribution < 1.29 is 0 Å². The lowest BCUT2D eigenvalue weighted by Crippen LogP contribution is -2.19. The van der Waals surface area contributed by atoms with E-state index in [1.165, 1.54) is 0 Å². The van der Waals surface area contributed by atoms with Gasteiger partial charge in [0.1, 0.15) is 0 Å². The van der Waals surface area contributed by atoms with Crippen LogP contribution in [-0.4, -0.2) is 18.5 Å². The fraction of sp³-hybridized carbons (Fsp3) is 0.333. The molecule has 2 nitrogen and oxygen atoms in total. The SMILES string of the molecule is C=C(C)CN(C)Cc1cc(Cl)c(N)c(Cl)c1. The van der Waals surface area contributed by atoms with Crippen molar-refractivity contribution in [2.75, 3.05) is 19.3 Å². The molecule has 0 atom stereocenters. The molecule has 88 valence electrons. The van der Waals surface area contributed by atoms with Crippen molar-refractivity contribution in [2.24, 2.45) is 0 Å². The minimum atomic E-state index is 0.439. The van der Waals surface area contributed by atoms with Crippen molar-refractivity contribution in [3.05, 3.63) is 39.9 Å². The Balaban J connectivity index is 2.78. The van der Waals surface area contributed by atoms with Gasteiger partial charge in [0.05, 0.1) is 15.7 Å². The maximum Gasteiger partial charge on any atom is 0.0693 e. The average molecular weight is 259 g/mol. The molecule has 16 heavy (non-hydrogen) atoms. The summed E-state index contributed by atoms with van der Waals surface area (Å²) in [6.07, 6.45) is 0. The van der Waals surface area contributed by atoms with Gasteiger partial charge in [-0.25, -0.2) is 0 Å². The summed E-state index contributed by atoms with van der Waals surface area (Å²) in [7, 11) is 2.02. The van der Waals surface area contributed by atoms with Crippen molar-refractivity contribution in [2.45, 2.75) is 13.5 Å². The highest BCUT2D eigenvalue weighted by atomic mass is 35.5. The molecule has 2 N–H and O–H groups in total. The first kappa shape index (κ1) is 13.4. The van der Waals surface area contributed by atoms with Crippen molar-refractivity contribution in [3.63, 3.8) is 0 Å². The van der Waals surface area contributed by atoms with E-state index >= 15 is 0 Å². The summed E-state index contributed by atoms with van der Waals surface area (Å²) in [5, 5.41) is 1.01. The number of halogens is 2. The van der Waals surface area contributed by atoms with Crippen LogP contribution in [0.4, 0.5) is 5.69 Å². The third-order valence-electron chi connectivity index (χ3n) is 2.13. The molecule has 0 aliphatic carbocycles. The minimum Gasteiger partial charge on any atom is -0.396 e. The van der Waals surface area contributed by atoms with Crippen LogP contribution in [0.15, 0.2) is 24.3 Å². The lowest BCUT2D eigenvalue weighted by Gasteiger charge is -2.17. The predicted octanol–water partition coefficient (Wildman–Crippen LogP) is 3.58. The fourth-order valence-electron chi connectivity index (χ4n) is 1.56. The molecular weight excluding hydrogens is 243 g/mol. The van der Waals surface area contributed by atoms with E-state index in [1.54, 1.807) is 0 Å². The number of rotatable bonds is 4. The Kier molecular flexibility index (Phi) is 4.66. The molecule has 1 aromatic carbocycles. The van der Waals surface area contributed by atoms with E-state index in [0.717, 1.165) is 24.2 Å². The van der Waals surface area contributed by atoms with E-state index < -0.39 is 0 Å². The second-order valence-corrected chi connectivity index (χ2v) is 4.92. The van der Waals surface area contributed by atoms with E-state index in [4.69, 9.17) is 28.9 Å². The Morgan fingerprint density at radius 2 is 1.88 bits per heavy atom. The zero-order valence-corrected chi connectivity index (χ0v) is 11.1. The molecule has 0 heterocycles. The first-order chi connectivity index (χ1) is 7.40. The van der Waals surface area contributed by atoms with Gasteiger partial charge in [-0.2, -0.15) is 0 Å². The summed E-state index contributed by atoms with van der Waals surface area (Å²) < 4.78 is 0. The van der Waals surface area contributed by atoms with Gasteiger partial charge in [0.2, 0.25) is 0 Å². The maximum atomic E-state index is 5.96. The summed E-state index contributed by atoms with van der Waals surface area (Å²) >= 11 is 11.9. The highest BCUT2D eigenvalue weighted by Crippen LogP contribution is 2.29. The van der Waals surface area contributed by atoms with E-state index in [1.807, 2.05) is 26.1 Å². The zero-order valence-electron chi connectivity index (χ0n) is 9.56. The third-order valence-corrected chi connectivity index (χ3v) is 2.76. The number of hydrogen-bond donors (Lipinski definition) is 1. The molecule has 0 aliphatic heterocycles. The fourth-order valence-corrected chi connectivity index (χ4v) is 2.09. The summed E-state index contributed by atoms with van der Waals surface area (Å²) in [4.78, 5) is 2.14. The van der Waals surface area contributed by atoms with Crippen LogP contribution in [0.1, 0.15) is 12.5 Å². The lowest BCUT2D eigenvalue weighted by molar-refractivity contribution is 0.355. The Bertz CT molecular complexity index is 379. The first-order valence-electron chi connectivity index (χ1n) is 4.96. The summed E-state index contributed by atoms with van der Waals surface area (Å²) in [6, 6.07) is 3.69. The largest absolute Gasteiger partial charge is 0.396 e. The lowest BCUT2D eigenvalue weighted by atomic mass is 10.2. The van der Waals surface area contributed by atoms with Gasteiger partial charge in [-0.1, -0.05) is 35.4 Å². The van der Waals surface area contributed by atoms with E-state index in [9.17, 15) is 0 Å². The first-order valence-corrected chi connectivity index (χ1v) is 5.72. The van der Waals surface area contributed by atoms with Crippen LogP contribution in [0.3, 0.4) is 0 Å². The Labute approximate surface area is 107 Å². The number of nitrogens with zero attached hydrogens (tertiary/aromatic N) is 1. The summed E-state index contributed by atoms with van der Waals surface area (Å²) in [5.74, 6) is 0. The van der Waals surface area contributed by atoms with Gasteiger partial charge in [0.15, 0.2) is 0 Å². The number of hydrogen-bond acceptors (Lipinski definition) is 2. The number of nitrogen functional groups attached to an aromatic ring is 1. The molecule has 0 amide bonds. The van der Waals surface area contributed by atoms with Crippen LogP contribution in [0, 0.1) is 0 Å². The topological polar surface area (TPSA) is 29.3 Å². The van der Waals surface area contributed by atoms with Crippen LogP contribution in [0.5, 0.6) is 0 Å². The maximum absolute atomic E-state index is 5.96. The standard InChI is InChI=1S/C12H16Cl2N2/c1-8(2)6-16(3)7-9-4-10(13)12(15)11(14)5-9/h4-5H,1,6-7,15H2,2-3H3. The van der Waals surface area contributed by atoms with Crippen LogP contribution in [0.2, 0.25) is 10.0 Å². The second-order valence-electron chi connectivity index (χ2n) is 4.10. The van der Waals surface area contributed by atoms with Gasteiger partial charge in [-0.15, -0.1) is 0 Å². The second kappa shape index (κ2) is 5.58. The summed E-state index contributed by atoms with van der Waals surface area (Å²) in [5.41, 5.74) is 8.28. The van der Waals surface area contributed by atoms with Gasteiger partial charge < -0.3 is 5.73 Å². The molecule has 0 fully saturated rings. The smallest absolute Gasteiger partial charge is 0.0693 e. The van der Waals surface area contributed by atoms with Gasteiger partial charge in [0.25, 0.3) is 0 Å². The molecular formula is C12H16Cl2N2. The van der Waals surface area contributed by atoms with Crippen LogP contribution >= 0.6 is 23.2 Å². The summed E-state index contributed by atoms with van der Waals surface area (Å²) in [6.45, 7) is 7.49. The number of likely N-dealkylation sites (N-methyl/N-ethyl adjacent to an activating group) is 1. The van der Waals surface area contributed by atoms with Gasteiger partial charge >= 0.3 is 0 Å². The number of nitrogens with two attached hydrogens (primary N) is 1. The molecule has 0 saturated carbocycles. The Hall–Kier alpha value is -0.700. The quantitative estimate of drug-likeness (QED) is 0.661. The van der Waals surface area contributed by atoms with Crippen molar-refractivity contribution in [1.29, 1.82) is 0 Å². The number of benzene rings is 1. The average Bonchev–Trinajstić information content (AvgIpc) is 2.12. The molecule has 4 heteroatoms. The number of anilines is 1. The van der Waals surface area contributed by atoms with Gasteiger partial charge in [-0.3, -0.25) is 4.90 Å². The predicted molar refractivity (Wildman–Crippen MR) is 72.0 cm³/mol. The van der Waals surface area contributed by atoms with E-state index in [2.05, 4.69) is 11.5 Å². The van der Waals surface area contributed by atoms with E-state index in [-0.39, 0.29) is 0 Å². The molecule has 0 spiro atoms. The highest BCUT2D eigenvalue weighted by Gasteiger charge is 2.07. The van der Waals surface area contributed by atoms with Crippen LogP contribution < -0.4 is 5.73 Å². The molecule has 0 radical (unpaired) electrons. The van der Waals surface area contributed by atoms with Crippen molar-refractivity contribution in [3.8, 4) is 0 Å². The monoisotopic (exact) mass is 258 g/mol. The molecule has 0 bridgehead atoms. The molecule has 0 saturated heterocycles. The van der Waals surface area contributed by atoms with Crippen LogP contribution in [0.25, 0.3) is 0 Å². The molecule has 0 unspecified atom stereocenters. The van der Waals surface area contributed by atoms with Gasteiger partial charge in [0, 0.05) is 13.1 Å². The Morgan fingerprint density at radius 3 is 2.31 bits per heavy atom. The van der Waals surface area contributed by atoms with Crippen molar-refractivity contribution >= 4 is 28.9 Å². The zero-order chi connectivity index (χ0) is 12.3. The molecule has 1 rings (SSSR count). The molecule has 1 aromatic rings. The van der Waals surface area contributed by atoms with Crippen molar-refractivity contribution in [1.82, 2.24) is 4.90 Å². The van der Waals surface area contributed by atoms with Gasteiger partial charge in [-0.05, 0) is 31.7 Å². The normalized spacial score (nSPS) is 10.8. The highest BCUT2D eigenvalue weighted by molar-refractivity contribution is 6.38.